The molecule has 7 nitrogen and oxygen atoms in total. The fourth-order valence-corrected chi connectivity index (χ4v) is 3.24. The first-order chi connectivity index (χ1) is 13.1. The summed E-state index contributed by atoms with van der Waals surface area (Å²) in [5.74, 6) is 0.698. The Bertz CT molecular complexity index is 995. The molecule has 3 rings (SSSR count). The average molecular weight is 380 g/mol. The molecule has 0 aliphatic carbocycles. The Labute approximate surface area is 159 Å². The molecular weight excluding hydrogens is 364 g/mol. The molecule has 1 heterocycles. The molecule has 0 aliphatic heterocycles. The Morgan fingerprint density at radius 3 is 2.67 bits per heavy atom. The smallest absolute Gasteiger partial charge is 0.240 e. The van der Waals surface area contributed by atoms with Crippen molar-refractivity contribution in [2.45, 2.75) is 6.42 Å². The van der Waals surface area contributed by atoms with Crippen LogP contribution in [0.2, 0.25) is 0 Å². The summed E-state index contributed by atoms with van der Waals surface area (Å²) in [4.78, 5) is 27.8. The lowest BCUT2D eigenvalue weighted by molar-refractivity contribution is -0.125. The first kappa shape index (κ1) is 18.4. The van der Waals surface area contributed by atoms with Gasteiger partial charge in [0.25, 0.3) is 0 Å². The summed E-state index contributed by atoms with van der Waals surface area (Å²) in [6.45, 7) is -0.250. The topological polar surface area (TPSA) is 104 Å². The average Bonchev–Trinajstić information content (AvgIpc) is 3.07. The van der Waals surface area contributed by atoms with Crippen LogP contribution in [-0.4, -0.2) is 29.9 Å². The highest BCUT2D eigenvalue weighted by Crippen LogP contribution is 2.28. The lowest BCUT2D eigenvalue weighted by atomic mass is 10.3. The van der Waals surface area contributed by atoms with Crippen LogP contribution in [0.1, 0.15) is 5.01 Å². The molecule has 0 bridgehead atoms. The number of para-hydroxylation sites is 1. The second kappa shape index (κ2) is 8.78. The van der Waals surface area contributed by atoms with Gasteiger partial charge in [0.1, 0.15) is 23.1 Å². The summed E-state index contributed by atoms with van der Waals surface area (Å²) in [6.07, 6.45) is 0.0831. The van der Waals surface area contributed by atoms with E-state index in [0.29, 0.717) is 10.8 Å². The van der Waals surface area contributed by atoms with E-state index >= 15 is 0 Å². The molecule has 0 fully saturated rings. The fourth-order valence-electron chi connectivity index (χ4n) is 2.30. The number of benzene rings is 2. The Morgan fingerprint density at radius 2 is 1.89 bits per heavy atom. The molecule has 2 amide bonds. The van der Waals surface area contributed by atoms with Crippen LogP contribution in [0.3, 0.4) is 0 Å². The molecule has 0 saturated heterocycles. The van der Waals surface area contributed by atoms with Crippen LogP contribution in [0.25, 0.3) is 10.2 Å². The number of nitrogens with one attached hydrogen (secondary N) is 2. The molecule has 8 heteroatoms. The molecule has 0 spiro atoms. The predicted molar refractivity (Wildman–Crippen MR) is 101 cm³/mol. The van der Waals surface area contributed by atoms with E-state index in [1.165, 1.54) is 11.3 Å². The van der Waals surface area contributed by atoms with Crippen LogP contribution in [0.5, 0.6) is 11.5 Å². The fraction of sp³-hybridized carbons (Fsp3) is 0.158. The van der Waals surface area contributed by atoms with Gasteiger partial charge >= 0.3 is 0 Å². The maximum absolute atomic E-state index is 12.0. The van der Waals surface area contributed by atoms with Crippen LogP contribution in [0.4, 0.5) is 0 Å². The highest BCUT2D eigenvalue weighted by Gasteiger charge is 2.11. The van der Waals surface area contributed by atoms with Crippen molar-refractivity contribution < 1.29 is 14.3 Å². The highest BCUT2D eigenvalue weighted by molar-refractivity contribution is 7.18. The van der Waals surface area contributed by atoms with E-state index in [-0.39, 0.29) is 25.4 Å². The Morgan fingerprint density at radius 1 is 1.07 bits per heavy atom. The number of rotatable bonds is 7. The number of amides is 2. The molecule has 27 heavy (non-hydrogen) atoms. The first-order valence-electron chi connectivity index (χ1n) is 8.17. The van der Waals surface area contributed by atoms with Crippen molar-refractivity contribution >= 4 is 33.4 Å². The molecule has 0 aliphatic rings. The highest BCUT2D eigenvalue weighted by atomic mass is 32.1. The lowest BCUT2D eigenvalue weighted by Crippen LogP contribution is -2.37. The third-order valence-corrected chi connectivity index (χ3v) is 4.54. The van der Waals surface area contributed by atoms with Crippen LogP contribution in [0.15, 0.2) is 48.5 Å². The number of nitrogens with zero attached hydrogens (tertiary/aromatic N) is 2. The number of carbonyl (C=O) groups excluding carboxylic acids is 2. The second-order valence-electron chi connectivity index (χ2n) is 5.54. The van der Waals surface area contributed by atoms with Crippen molar-refractivity contribution in [3.63, 3.8) is 0 Å². The van der Waals surface area contributed by atoms with E-state index in [1.54, 1.807) is 6.07 Å². The number of hydrogen-bond acceptors (Lipinski definition) is 6. The zero-order valence-corrected chi connectivity index (χ0v) is 15.1. The number of nitriles is 1. The zero-order valence-electron chi connectivity index (χ0n) is 14.3. The molecular formula is C19H16N4O3S. The quantitative estimate of drug-likeness (QED) is 0.613. The number of fused-ring (bicyclic) bond motifs is 1. The van der Waals surface area contributed by atoms with Gasteiger partial charge in [-0.3, -0.25) is 9.59 Å². The second-order valence-corrected chi connectivity index (χ2v) is 6.66. The minimum absolute atomic E-state index is 0.0831. The van der Waals surface area contributed by atoms with Gasteiger partial charge in [0, 0.05) is 6.07 Å². The standard InChI is InChI=1S/C19H16N4O3S/c20-8-9-21-18(25)12-22-17(24)11-19-23-15-10-14(6-7-16(15)27-19)26-13-4-2-1-3-5-13/h1-7,10H,9,11-12H2,(H,21,25)(H,22,24). The van der Waals surface area contributed by atoms with Gasteiger partial charge in [-0.2, -0.15) is 5.26 Å². The maximum Gasteiger partial charge on any atom is 0.240 e. The predicted octanol–water partition coefficient (Wildman–Crippen LogP) is 2.39. The molecule has 1 aromatic heterocycles. The monoisotopic (exact) mass is 380 g/mol. The van der Waals surface area contributed by atoms with Gasteiger partial charge in [0.2, 0.25) is 11.8 Å². The number of carbonyl (C=O) groups is 2. The zero-order chi connectivity index (χ0) is 19.1. The van der Waals surface area contributed by atoms with E-state index in [2.05, 4.69) is 15.6 Å². The third kappa shape index (κ3) is 5.26. The van der Waals surface area contributed by atoms with Gasteiger partial charge < -0.3 is 15.4 Å². The molecule has 136 valence electrons. The number of thiazole rings is 1. The van der Waals surface area contributed by atoms with E-state index in [4.69, 9.17) is 10.00 Å². The van der Waals surface area contributed by atoms with Crippen molar-refractivity contribution in [2.24, 2.45) is 0 Å². The van der Waals surface area contributed by atoms with Gasteiger partial charge in [-0.05, 0) is 24.3 Å². The summed E-state index contributed by atoms with van der Waals surface area (Å²) in [5, 5.41) is 13.9. The summed E-state index contributed by atoms with van der Waals surface area (Å²) in [6, 6.07) is 16.8. The van der Waals surface area contributed by atoms with Crippen molar-refractivity contribution in [1.29, 1.82) is 5.26 Å². The van der Waals surface area contributed by atoms with E-state index in [0.717, 1.165) is 16.0 Å². The molecule has 0 atom stereocenters. The summed E-state index contributed by atoms with van der Waals surface area (Å²) in [5.41, 5.74) is 0.753. The summed E-state index contributed by atoms with van der Waals surface area (Å²) in [7, 11) is 0. The molecule has 0 saturated carbocycles. The third-order valence-electron chi connectivity index (χ3n) is 3.50. The van der Waals surface area contributed by atoms with Gasteiger partial charge in [-0.1, -0.05) is 18.2 Å². The van der Waals surface area contributed by atoms with Gasteiger partial charge in [0.15, 0.2) is 0 Å². The Balaban J connectivity index is 1.60. The molecule has 0 unspecified atom stereocenters. The number of ether oxygens (including phenoxy) is 1. The summed E-state index contributed by atoms with van der Waals surface area (Å²) < 4.78 is 6.74. The first-order valence-corrected chi connectivity index (χ1v) is 8.98. The SMILES string of the molecule is N#CCNC(=O)CNC(=O)Cc1nc2cc(Oc3ccccc3)ccc2s1. The van der Waals surface area contributed by atoms with Crippen molar-refractivity contribution in [3.05, 3.63) is 53.5 Å². The molecule has 0 radical (unpaired) electrons. The number of aromatic nitrogens is 1. The minimum Gasteiger partial charge on any atom is -0.457 e. The molecule has 3 aromatic rings. The summed E-state index contributed by atoms with van der Waals surface area (Å²) >= 11 is 1.42. The van der Waals surface area contributed by atoms with Gasteiger partial charge in [0.05, 0.1) is 29.3 Å². The maximum atomic E-state index is 12.0. The minimum atomic E-state index is -0.406. The number of hydrogen-bond donors (Lipinski definition) is 2. The Hall–Kier alpha value is -3.44. The van der Waals surface area contributed by atoms with Gasteiger partial charge in [-0.15, -0.1) is 11.3 Å². The van der Waals surface area contributed by atoms with Gasteiger partial charge in [-0.25, -0.2) is 4.98 Å². The van der Waals surface area contributed by atoms with Crippen LogP contribution in [0, 0.1) is 11.3 Å². The van der Waals surface area contributed by atoms with Crippen LogP contribution >= 0.6 is 11.3 Å². The molecule has 2 aromatic carbocycles. The lowest BCUT2D eigenvalue weighted by Gasteiger charge is -2.04. The van der Waals surface area contributed by atoms with Crippen LogP contribution in [-0.2, 0) is 16.0 Å². The Kier molecular flexibility index (Phi) is 5.97. The van der Waals surface area contributed by atoms with Crippen molar-refractivity contribution in [1.82, 2.24) is 15.6 Å². The van der Waals surface area contributed by atoms with Crippen molar-refractivity contribution in [2.75, 3.05) is 13.1 Å². The largest absolute Gasteiger partial charge is 0.457 e. The van der Waals surface area contributed by atoms with E-state index < -0.39 is 5.91 Å². The van der Waals surface area contributed by atoms with E-state index in [9.17, 15) is 9.59 Å². The normalized spacial score (nSPS) is 10.2. The van der Waals surface area contributed by atoms with Crippen LogP contribution < -0.4 is 15.4 Å². The van der Waals surface area contributed by atoms with Crippen molar-refractivity contribution in [3.8, 4) is 17.6 Å². The van der Waals surface area contributed by atoms with E-state index in [1.807, 2.05) is 48.5 Å². The molecule has 2 N–H and O–H groups in total.